The summed E-state index contributed by atoms with van der Waals surface area (Å²) in [5, 5.41) is 11.0. The van der Waals surface area contributed by atoms with Gasteiger partial charge in [-0.3, -0.25) is 4.79 Å². The number of aliphatic carboxylic acids is 1. The van der Waals surface area contributed by atoms with Gasteiger partial charge in [-0.1, -0.05) is 12.1 Å². The first-order valence-electron chi connectivity index (χ1n) is 5.02. The summed E-state index contributed by atoms with van der Waals surface area (Å²) in [5.41, 5.74) is 2.83. The number of nitrogens with zero attached hydrogens (tertiary/aromatic N) is 1. The van der Waals surface area contributed by atoms with E-state index in [1.165, 1.54) is 29.5 Å². The molecule has 0 aliphatic rings. The predicted molar refractivity (Wildman–Crippen MR) is 62.6 cm³/mol. The first-order chi connectivity index (χ1) is 8.16. The third kappa shape index (κ3) is 2.88. The van der Waals surface area contributed by atoms with E-state index in [1.807, 2.05) is 0 Å². The Morgan fingerprint density at radius 3 is 2.94 bits per heavy atom. The molecule has 0 aliphatic carbocycles. The van der Waals surface area contributed by atoms with E-state index in [0.29, 0.717) is 11.3 Å². The lowest BCUT2D eigenvalue weighted by molar-refractivity contribution is -0.138. The first kappa shape index (κ1) is 11.7. The van der Waals surface area contributed by atoms with E-state index >= 15 is 0 Å². The summed E-state index contributed by atoms with van der Waals surface area (Å²) < 4.78 is 13.1. The van der Waals surface area contributed by atoms with Crippen LogP contribution in [0.25, 0.3) is 0 Å². The molecule has 0 spiro atoms. The third-order valence-electron chi connectivity index (χ3n) is 2.45. The summed E-state index contributed by atoms with van der Waals surface area (Å²) in [5.74, 6) is -2.15. The molecular weight excluding hydrogens is 241 g/mol. The van der Waals surface area contributed by atoms with Gasteiger partial charge < -0.3 is 5.11 Å². The van der Waals surface area contributed by atoms with Gasteiger partial charge in [0.25, 0.3) is 0 Å². The van der Waals surface area contributed by atoms with Crippen LogP contribution in [0.2, 0.25) is 0 Å². The molecule has 5 heteroatoms. The van der Waals surface area contributed by atoms with Gasteiger partial charge in [0, 0.05) is 11.8 Å². The Bertz CT molecular complexity index is 513. The van der Waals surface area contributed by atoms with Crippen LogP contribution in [0.1, 0.15) is 17.2 Å². The molecule has 1 heterocycles. The molecule has 1 aromatic carbocycles. The van der Waals surface area contributed by atoms with E-state index in [9.17, 15) is 9.18 Å². The molecule has 1 N–H and O–H groups in total. The third-order valence-corrected chi connectivity index (χ3v) is 3.08. The predicted octanol–water partition coefficient (Wildman–Crippen LogP) is 2.69. The van der Waals surface area contributed by atoms with Gasteiger partial charge in [-0.05, 0) is 17.7 Å². The highest BCUT2D eigenvalue weighted by atomic mass is 32.1. The van der Waals surface area contributed by atoms with E-state index in [1.54, 1.807) is 17.0 Å². The molecule has 88 valence electrons. The highest BCUT2D eigenvalue weighted by Crippen LogP contribution is 2.22. The summed E-state index contributed by atoms with van der Waals surface area (Å²) in [6.07, 6.45) is 0.280. The van der Waals surface area contributed by atoms with Crippen LogP contribution in [0.3, 0.4) is 0 Å². The number of thiazole rings is 1. The quantitative estimate of drug-likeness (QED) is 0.908. The maximum atomic E-state index is 13.1. The molecular formula is C12H10FNO2S. The number of hydrogen-bond acceptors (Lipinski definition) is 3. The molecule has 2 rings (SSSR count). The van der Waals surface area contributed by atoms with Crippen molar-refractivity contribution in [2.24, 2.45) is 0 Å². The van der Waals surface area contributed by atoms with Crippen LogP contribution in [-0.4, -0.2) is 16.1 Å². The average Bonchev–Trinajstić information content (AvgIpc) is 2.78. The lowest BCUT2D eigenvalue weighted by atomic mass is 9.94. The maximum Gasteiger partial charge on any atom is 0.311 e. The van der Waals surface area contributed by atoms with Gasteiger partial charge in [0.2, 0.25) is 0 Å². The Hall–Kier alpha value is -1.75. The molecule has 0 radical (unpaired) electrons. The van der Waals surface area contributed by atoms with Crippen LogP contribution < -0.4 is 0 Å². The van der Waals surface area contributed by atoms with Gasteiger partial charge in [0.05, 0.1) is 17.1 Å². The Balaban J connectivity index is 2.26. The van der Waals surface area contributed by atoms with Gasteiger partial charge in [-0.15, -0.1) is 11.3 Å². The van der Waals surface area contributed by atoms with Gasteiger partial charge >= 0.3 is 5.97 Å². The summed E-state index contributed by atoms with van der Waals surface area (Å²) in [6.45, 7) is 0. The SMILES string of the molecule is O=C(O)C(Cc1cscn1)c1cccc(F)c1. The fourth-order valence-corrected chi connectivity index (χ4v) is 2.19. The molecule has 0 aliphatic heterocycles. The van der Waals surface area contributed by atoms with Crippen molar-refractivity contribution in [3.05, 3.63) is 52.2 Å². The second-order valence-corrected chi connectivity index (χ2v) is 4.35. The summed E-state index contributed by atoms with van der Waals surface area (Å²) in [4.78, 5) is 15.2. The fourth-order valence-electron chi connectivity index (χ4n) is 1.62. The molecule has 3 nitrogen and oxygen atoms in total. The molecule has 0 saturated carbocycles. The number of carboxylic acids is 1. The smallest absolute Gasteiger partial charge is 0.311 e. The van der Waals surface area contributed by atoms with Crippen molar-refractivity contribution < 1.29 is 14.3 Å². The highest BCUT2D eigenvalue weighted by molar-refractivity contribution is 7.07. The molecule has 1 aromatic heterocycles. The molecule has 1 unspecified atom stereocenters. The zero-order valence-electron chi connectivity index (χ0n) is 8.84. The van der Waals surface area contributed by atoms with Crippen molar-refractivity contribution in [3.63, 3.8) is 0 Å². The topological polar surface area (TPSA) is 50.2 Å². The normalized spacial score (nSPS) is 12.3. The Morgan fingerprint density at radius 2 is 2.35 bits per heavy atom. The Labute approximate surface area is 102 Å². The van der Waals surface area contributed by atoms with Gasteiger partial charge in [0.15, 0.2) is 0 Å². The Morgan fingerprint density at radius 1 is 1.53 bits per heavy atom. The monoisotopic (exact) mass is 251 g/mol. The summed E-state index contributed by atoms with van der Waals surface area (Å²) in [6, 6.07) is 5.69. The number of aromatic nitrogens is 1. The second kappa shape index (κ2) is 5.05. The number of halogens is 1. The molecule has 0 bridgehead atoms. The van der Waals surface area contributed by atoms with Crippen LogP contribution in [0.15, 0.2) is 35.2 Å². The molecule has 0 amide bonds. The van der Waals surface area contributed by atoms with Crippen molar-refractivity contribution in [3.8, 4) is 0 Å². The van der Waals surface area contributed by atoms with Gasteiger partial charge in [-0.2, -0.15) is 0 Å². The summed E-state index contributed by atoms with van der Waals surface area (Å²) >= 11 is 1.41. The van der Waals surface area contributed by atoms with Gasteiger partial charge in [0.1, 0.15) is 5.82 Å². The zero-order valence-corrected chi connectivity index (χ0v) is 9.65. The molecule has 2 aromatic rings. The molecule has 0 saturated heterocycles. The van der Waals surface area contributed by atoms with E-state index in [-0.39, 0.29) is 6.42 Å². The van der Waals surface area contributed by atoms with Crippen LogP contribution in [-0.2, 0) is 11.2 Å². The number of hydrogen-bond donors (Lipinski definition) is 1. The van der Waals surface area contributed by atoms with E-state index in [4.69, 9.17) is 5.11 Å². The van der Waals surface area contributed by atoms with Crippen molar-refractivity contribution >= 4 is 17.3 Å². The minimum atomic E-state index is -0.969. The number of benzene rings is 1. The first-order valence-corrected chi connectivity index (χ1v) is 5.96. The minimum Gasteiger partial charge on any atom is -0.481 e. The average molecular weight is 251 g/mol. The number of carbonyl (C=O) groups is 1. The van der Waals surface area contributed by atoms with Crippen molar-refractivity contribution in [1.82, 2.24) is 4.98 Å². The lowest BCUT2D eigenvalue weighted by Gasteiger charge is -2.11. The highest BCUT2D eigenvalue weighted by Gasteiger charge is 2.21. The fraction of sp³-hybridized carbons (Fsp3) is 0.167. The lowest BCUT2D eigenvalue weighted by Crippen LogP contribution is -2.14. The minimum absolute atomic E-state index is 0.280. The van der Waals surface area contributed by atoms with Crippen molar-refractivity contribution in [1.29, 1.82) is 0 Å². The van der Waals surface area contributed by atoms with Crippen molar-refractivity contribution in [2.75, 3.05) is 0 Å². The number of carboxylic acid groups (broad SMARTS) is 1. The Kier molecular flexibility index (Phi) is 3.49. The van der Waals surface area contributed by atoms with Crippen LogP contribution in [0, 0.1) is 5.82 Å². The van der Waals surface area contributed by atoms with Crippen molar-refractivity contribution in [2.45, 2.75) is 12.3 Å². The number of rotatable bonds is 4. The standard InChI is InChI=1S/C12H10FNO2S/c13-9-3-1-2-8(4-9)11(12(15)16)5-10-6-17-7-14-10/h1-4,6-7,11H,5H2,(H,15,16). The van der Waals surface area contributed by atoms with E-state index in [0.717, 1.165) is 0 Å². The van der Waals surface area contributed by atoms with Gasteiger partial charge in [-0.25, -0.2) is 9.37 Å². The van der Waals surface area contributed by atoms with E-state index < -0.39 is 17.7 Å². The molecule has 0 fully saturated rings. The molecule has 17 heavy (non-hydrogen) atoms. The van der Waals surface area contributed by atoms with Crippen LogP contribution in [0.5, 0.6) is 0 Å². The zero-order chi connectivity index (χ0) is 12.3. The second-order valence-electron chi connectivity index (χ2n) is 3.63. The maximum absolute atomic E-state index is 13.1. The largest absolute Gasteiger partial charge is 0.481 e. The van der Waals surface area contributed by atoms with E-state index in [2.05, 4.69) is 4.98 Å². The summed E-state index contributed by atoms with van der Waals surface area (Å²) in [7, 11) is 0. The van der Waals surface area contributed by atoms with Crippen LogP contribution >= 0.6 is 11.3 Å². The van der Waals surface area contributed by atoms with Crippen LogP contribution in [0.4, 0.5) is 4.39 Å². The molecule has 1 atom stereocenters.